The largest absolute Gasteiger partial charge is 0.406 e. The molecule has 16 heavy (non-hydrogen) atoms. The van der Waals surface area contributed by atoms with Gasteiger partial charge in [0.25, 0.3) is 0 Å². The Morgan fingerprint density at radius 3 is 2.88 bits per heavy atom. The number of hydrogen-bond donors (Lipinski definition) is 2. The predicted octanol–water partition coefficient (Wildman–Crippen LogP) is 1.95. The van der Waals surface area contributed by atoms with E-state index in [1.165, 1.54) is 12.8 Å². The lowest BCUT2D eigenvalue weighted by Gasteiger charge is -2.05. The van der Waals surface area contributed by atoms with E-state index in [9.17, 15) is 0 Å². The van der Waals surface area contributed by atoms with Crippen LogP contribution >= 0.6 is 0 Å². The molecule has 1 aromatic heterocycles. The monoisotopic (exact) mass is 224 g/mol. The summed E-state index contributed by atoms with van der Waals surface area (Å²) >= 11 is 0. The van der Waals surface area contributed by atoms with Crippen LogP contribution in [0.5, 0.6) is 0 Å². The molecule has 2 N–H and O–H groups in total. The number of anilines is 1. The molecule has 5 heteroatoms. The molecule has 0 amide bonds. The normalized spacial score (nSPS) is 25.4. The summed E-state index contributed by atoms with van der Waals surface area (Å²) in [4.78, 5) is 0. The topological polar surface area (TPSA) is 63.0 Å². The van der Waals surface area contributed by atoms with E-state index in [-0.39, 0.29) is 6.04 Å². The zero-order valence-electron chi connectivity index (χ0n) is 10.2. The second-order valence-corrected chi connectivity index (χ2v) is 4.38. The van der Waals surface area contributed by atoms with Crippen molar-refractivity contribution in [1.82, 2.24) is 15.5 Å². The fourth-order valence-electron chi connectivity index (χ4n) is 1.90. The van der Waals surface area contributed by atoms with E-state index in [0.29, 0.717) is 17.9 Å². The van der Waals surface area contributed by atoms with Gasteiger partial charge in [0, 0.05) is 6.04 Å². The maximum Gasteiger partial charge on any atom is 0.315 e. The molecule has 0 aliphatic heterocycles. The van der Waals surface area contributed by atoms with E-state index in [0.717, 1.165) is 12.5 Å². The zero-order valence-corrected chi connectivity index (χ0v) is 10.2. The Hall–Kier alpha value is -1.10. The summed E-state index contributed by atoms with van der Waals surface area (Å²) in [5.41, 5.74) is 0. The summed E-state index contributed by atoms with van der Waals surface area (Å²) in [5.74, 6) is 1.43. The minimum Gasteiger partial charge on any atom is -0.406 e. The van der Waals surface area contributed by atoms with E-state index in [1.807, 2.05) is 6.92 Å². The van der Waals surface area contributed by atoms with Gasteiger partial charge in [-0.3, -0.25) is 0 Å². The average Bonchev–Trinajstić information content (AvgIpc) is 2.84. The molecule has 0 bridgehead atoms. The maximum absolute atomic E-state index is 5.55. The van der Waals surface area contributed by atoms with Crippen molar-refractivity contribution in [2.24, 2.45) is 5.92 Å². The smallest absolute Gasteiger partial charge is 0.315 e. The lowest BCUT2D eigenvalue weighted by atomic mass is 10.3. The number of nitrogens with zero attached hydrogens (tertiary/aromatic N) is 2. The van der Waals surface area contributed by atoms with Crippen LogP contribution in [-0.2, 0) is 0 Å². The second kappa shape index (κ2) is 4.82. The highest BCUT2D eigenvalue weighted by molar-refractivity contribution is 5.24. The molecule has 90 valence electrons. The highest BCUT2D eigenvalue weighted by Crippen LogP contribution is 2.35. The van der Waals surface area contributed by atoms with Gasteiger partial charge in [-0.25, -0.2) is 0 Å². The number of aromatic nitrogens is 2. The van der Waals surface area contributed by atoms with Crippen molar-refractivity contribution < 1.29 is 4.42 Å². The third-order valence-electron chi connectivity index (χ3n) is 3.08. The van der Waals surface area contributed by atoms with Crippen LogP contribution in [0.4, 0.5) is 6.01 Å². The number of nitrogens with one attached hydrogen (secondary N) is 2. The summed E-state index contributed by atoms with van der Waals surface area (Å²) in [6, 6.07) is 1.21. The van der Waals surface area contributed by atoms with Gasteiger partial charge in [0.05, 0.1) is 6.04 Å². The van der Waals surface area contributed by atoms with Crippen molar-refractivity contribution in [2.45, 2.75) is 45.7 Å². The molecule has 0 radical (unpaired) electrons. The lowest BCUT2D eigenvalue weighted by Crippen LogP contribution is -2.17. The van der Waals surface area contributed by atoms with Crippen molar-refractivity contribution in [1.29, 1.82) is 0 Å². The molecule has 3 atom stereocenters. The van der Waals surface area contributed by atoms with Gasteiger partial charge in [-0.2, -0.15) is 0 Å². The number of rotatable bonds is 6. The average molecular weight is 224 g/mol. The summed E-state index contributed by atoms with van der Waals surface area (Å²) in [6.45, 7) is 7.18. The molecular weight excluding hydrogens is 204 g/mol. The summed E-state index contributed by atoms with van der Waals surface area (Å²) < 4.78 is 5.55. The quantitative estimate of drug-likeness (QED) is 0.773. The third-order valence-corrected chi connectivity index (χ3v) is 3.08. The van der Waals surface area contributed by atoms with Crippen LogP contribution in [-0.4, -0.2) is 22.8 Å². The first-order chi connectivity index (χ1) is 7.74. The third kappa shape index (κ3) is 2.52. The SMILES string of the molecule is CCNC(C)c1nnc(NC2CC2CC)o1. The van der Waals surface area contributed by atoms with Crippen molar-refractivity contribution in [3.63, 3.8) is 0 Å². The van der Waals surface area contributed by atoms with Crippen molar-refractivity contribution in [3.8, 4) is 0 Å². The maximum atomic E-state index is 5.55. The van der Waals surface area contributed by atoms with Gasteiger partial charge in [0.1, 0.15) is 0 Å². The Balaban J connectivity index is 1.87. The van der Waals surface area contributed by atoms with Crippen LogP contribution in [0.25, 0.3) is 0 Å². The van der Waals surface area contributed by atoms with Crippen LogP contribution in [0.15, 0.2) is 4.42 Å². The second-order valence-electron chi connectivity index (χ2n) is 4.38. The molecule has 1 aromatic rings. The Kier molecular flexibility index (Phi) is 3.43. The molecule has 1 saturated carbocycles. The fraction of sp³-hybridized carbons (Fsp3) is 0.818. The molecule has 0 saturated heterocycles. The van der Waals surface area contributed by atoms with Gasteiger partial charge in [0.15, 0.2) is 0 Å². The fourth-order valence-corrected chi connectivity index (χ4v) is 1.90. The van der Waals surface area contributed by atoms with Crippen molar-refractivity contribution in [3.05, 3.63) is 5.89 Å². The first-order valence-corrected chi connectivity index (χ1v) is 6.07. The minimum absolute atomic E-state index is 0.120. The van der Waals surface area contributed by atoms with Gasteiger partial charge in [0.2, 0.25) is 5.89 Å². The molecule has 0 spiro atoms. The molecule has 1 aliphatic carbocycles. The van der Waals surface area contributed by atoms with Gasteiger partial charge in [-0.1, -0.05) is 25.4 Å². The van der Waals surface area contributed by atoms with Gasteiger partial charge in [-0.05, 0) is 25.8 Å². The molecule has 5 nitrogen and oxygen atoms in total. The van der Waals surface area contributed by atoms with Crippen molar-refractivity contribution in [2.75, 3.05) is 11.9 Å². The van der Waals surface area contributed by atoms with Crippen molar-refractivity contribution >= 4 is 6.01 Å². The van der Waals surface area contributed by atoms with Crippen LogP contribution in [0.1, 0.15) is 45.5 Å². The van der Waals surface area contributed by atoms with Gasteiger partial charge in [-0.15, -0.1) is 5.10 Å². The molecule has 2 rings (SSSR count). The Bertz CT molecular complexity index is 338. The zero-order chi connectivity index (χ0) is 11.5. The van der Waals surface area contributed by atoms with Crippen LogP contribution < -0.4 is 10.6 Å². The molecule has 1 heterocycles. The van der Waals surface area contributed by atoms with Crippen LogP contribution in [0.2, 0.25) is 0 Å². The lowest BCUT2D eigenvalue weighted by molar-refractivity contribution is 0.428. The highest BCUT2D eigenvalue weighted by Gasteiger charge is 2.36. The Morgan fingerprint density at radius 2 is 2.25 bits per heavy atom. The Morgan fingerprint density at radius 1 is 1.44 bits per heavy atom. The summed E-state index contributed by atoms with van der Waals surface area (Å²) in [6.07, 6.45) is 2.43. The molecule has 1 aliphatic rings. The van der Waals surface area contributed by atoms with Gasteiger partial charge >= 0.3 is 6.01 Å². The van der Waals surface area contributed by atoms with E-state index >= 15 is 0 Å². The van der Waals surface area contributed by atoms with E-state index in [4.69, 9.17) is 4.42 Å². The Labute approximate surface area is 96.0 Å². The number of hydrogen-bond acceptors (Lipinski definition) is 5. The van der Waals surface area contributed by atoms with Crippen LogP contribution in [0, 0.1) is 5.92 Å². The summed E-state index contributed by atoms with van der Waals surface area (Å²) in [5, 5.41) is 14.5. The van der Waals surface area contributed by atoms with Crippen LogP contribution in [0.3, 0.4) is 0 Å². The van der Waals surface area contributed by atoms with E-state index in [2.05, 4.69) is 34.7 Å². The molecule has 3 unspecified atom stereocenters. The van der Waals surface area contributed by atoms with E-state index < -0.39 is 0 Å². The molecule has 0 aromatic carbocycles. The predicted molar refractivity (Wildman–Crippen MR) is 62.2 cm³/mol. The minimum atomic E-state index is 0.120. The molecule has 1 fully saturated rings. The first-order valence-electron chi connectivity index (χ1n) is 6.07. The molecular formula is C11H20N4O. The highest BCUT2D eigenvalue weighted by atomic mass is 16.4. The van der Waals surface area contributed by atoms with Gasteiger partial charge < -0.3 is 15.1 Å². The standard InChI is InChI=1S/C11H20N4O/c1-4-8-6-9(8)13-11-15-14-10(16-11)7(3)12-5-2/h7-9,12H,4-6H2,1-3H3,(H,13,15). The first kappa shape index (κ1) is 11.4. The summed E-state index contributed by atoms with van der Waals surface area (Å²) in [7, 11) is 0. The van der Waals surface area contributed by atoms with E-state index in [1.54, 1.807) is 0 Å².